The van der Waals surface area contributed by atoms with Crippen molar-refractivity contribution in [2.45, 2.75) is 31.7 Å². The molecule has 1 aromatic heterocycles. The van der Waals surface area contributed by atoms with E-state index in [2.05, 4.69) is 32.1 Å². The van der Waals surface area contributed by atoms with Gasteiger partial charge in [0.15, 0.2) is 0 Å². The van der Waals surface area contributed by atoms with Crippen molar-refractivity contribution in [2.24, 2.45) is 0 Å². The molecular weight excluding hydrogens is 266 g/mol. The highest BCUT2D eigenvalue weighted by molar-refractivity contribution is 6.28. The summed E-state index contributed by atoms with van der Waals surface area (Å²) in [6.45, 7) is 5.50. The summed E-state index contributed by atoms with van der Waals surface area (Å²) >= 11 is 6.00. The van der Waals surface area contributed by atoms with Crippen LogP contribution in [0, 0.1) is 0 Å². The fourth-order valence-electron chi connectivity index (χ4n) is 2.49. The summed E-state index contributed by atoms with van der Waals surface area (Å²) in [6, 6.07) is 0. The van der Waals surface area contributed by atoms with Gasteiger partial charge in [-0.3, -0.25) is 0 Å². The van der Waals surface area contributed by atoms with Crippen molar-refractivity contribution in [1.82, 2.24) is 15.0 Å². The number of anilines is 2. The van der Waals surface area contributed by atoms with Gasteiger partial charge >= 0.3 is 0 Å². The molecule has 0 amide bonds. The van der Waals surface area contributed by atoms with Crippen LogP contribution in [0.4, 0.5) is 11.9 Å². The lowest BCUT2D eigenvalue weighted by molar-refractivity contribution is 0.185. The highest BCUT2D eigenvalue weighted by atomic mass is 35.5. The number of hydrogen-bond acceptors (Lipinski definition) is 6. The maximum Gasteiger partial charge on any atom is 0.231 e. The van der Waals surface area contributed by atoms with E-state index in [0.29, 0.717) is 18.5 Å². The van der Waals surface area contributed by atoms with Gasteiger partial charge in [-0.05, 0) is 37.8 Å². The third-order valence-corrected chi connectivity index (χ3v) is 3.79. The normalized spacial score (nSPS) is 26.9. The predicted octanol–water partition coefficient (Wildman–Crippen LogP) is 1.72. The van der Waals surface area contributed by atoms with Gasteiger partial charge in [-0.15, -0.1) is 0 Å². The fraction of sp³-hybridized carbons (Fsp3) is 0.750. The number of nitrogens with one attached hydrogen (secondary N) is 1. The van der Waals surface area contributed by atoms with Gasteiger partial charge < -0.3 is 15.0 Å². The largest absolute Gasteiger partial charge is 0.379 e. The Morgan fingerprint density at radius 1 is 1.26 bits per heavy atom. The second-order valence-corrected chi connectivity index (χ2v) is 5.75. The van der Waals surface area contributed by atoms with E-state index in [9.17, 15) is 0 Å². The van der Waals surface area contributed by atoms with Gasteiger partial charge in [0.05, 0.1) is 12.1 Å². The number of nitrogens with zero attached hydrogens (tertiary/aromatic N) is 4. The summed E-state index contributed by atoms with van der Waals surface area (Å²) in [4.78, 5) is 15.0. The molecular formula is C12H18ClN5O. The van der Waals surface area contributed by atoms with Crippen molar-refractivity contribution in [3.8, 4) is 0 Å². The van der Waals surface area contributed by atoms with Crippen LogP contribution in [-0.2, 0) is 4.74 Å². The first-order chi connectivity index (χ1) is 9.15. The van der Waals surface area contributed by atoms with E-state index in [4.69, 9.17) is 16.3 Å². The van der Waals surface area contributed by atoms with Crippen LogP contribution in [0.1, 0.15) is 26.2 Å². The van der Waals surface area contributed by atoms with Crippen molar-refractivity contribution in [1.29, 1.82) is 0 Å². The molecule has 0 bridgehead atoms. The average molecular weight is 284 g/mol. The third kappa shape index (κ3) is 2.90. The van der Waals surface area contributed by atoms with E-state index in [1.165, 1.54) is 12.8 Å². The molecule has 1 atom stereocenters. The topological polar surface area (TPSA) is 63.2 Å². The maximum atomic E-state index is 6.00. The van der Waals surface area contributed by atoms with Crippen molar-refractivity contribution < 1.29 is 4.74 Å². The molecule has 2 aliphatic rings. The Morgan fingerprint density at radius 2 is 2.05 bits per heavy atom. The van der Waals surface area contributed by atoms with Gasteiger partial charge in [-0.25, -0.2) is 0 Å². The molecule has 2 saturated heterocycles. The standard InChI is InChI=1S/C12H18ClN5O/c1-12(4-7-19-8-12)17-10-14-9(13)15-11(16-10)18-5-2-3-6-18/h2-8H2,1H3,(H,14,15,16,17). The van der Waals surface area contributed by atoms with Crippen LogP contribution in [0.2, 0.25) is 5.28 Å². The molecule has 0 radical (unpaired) electrons. The van der Waals surface area contributed by atoms with E-state index >= 15 is 0 Å². The number of aromatic nitrogens is 3. The van der Waals surface area contributed by atoms with Crippen LogP contribution in [0.15, 0.2) is 0 Å². The molecule has 0 saturated carbocycles. The number of rotatable bonds is 3. The zero-order valence-corrected chi connectivity index (χ0v) is 11.8. The second-order valence-electron chi connectivity index (χ2n) is 5.41. The Labute approximate surface area is 117 Å². The second kappa shape index (κ2) is 5.09. The van der Waals surface area contributed by atoms with Crippen LogP contribution in [0.5, 0.6) is 0 Å². The monoisotopic (exact) mass is 283 g/mol. The molecule has 104 valence electrons. The SMILES string of the molecule is CC1(Nc2nc(Cl)nc(N3CCCC3)n2)CCOC1. The first kappa shape index (κ1) is 12.9. The zero-order valence-electron chi connectivity index (χ0n) is 11.0. The Hall–Kier alpha value is -1.14. The summed E-state index contributed by atoms with van der Waals surface area (Å²) < 4.78 is 5.42. The smallest absolute Gasteiger partial charge is 0.231 e. The molecule has 7 heteroatoms. The van der Waals surface area contributed by atoms with Gasteiger partial charge in [0.2, 0.25) is 17.2 Å². The minimum Gasteiger partial charge on any atom is -0.379 e. The van der Waals surface area contributed by atoms with Crippen LogP contribution in [-0.4, -0.2) is 46.8 Å². The van der Waals surface area contributed by atoms with Crippen LogP contribution in [0.3, 0.4) is 0 Å². The van der Waals surface area contributed by atoms with E-state index < -0.39 is 0 Å². The first-order valence-electron chi connectivity index (χ1n) is 6.67. The number of hydrogen-bond donors (Lipinski definition) is 1. The van der Waals surface area contributed by atoms with E-state index in [1.54, 1.807) is 0 Å². The summed E-state index contributed by atoms with van der Waals surface area (Å²) in [5.74, 6) is 1.21. The Balaban J connectivity index is 1.80. The Kier molecular flexibility index (Phi) is 3.45. The summed E-state index contributed by atoms with van der Waals surface area (Å²) in [5, 5.41) is 3.56. The summed E-state index contributed by atoms with van der Waals surface area (Å²) in [6.07, 6.45) is 3.30. The van der Waals surface area contributed by atoms with E-state index in [-0.39, 0.29) is 10.8 Å². The number of ether oxygens (including phenoxy) is 1. The number of halogens is 1. The predicted molar refractivity (Wildman–Crippen MR) is 73.7 cm³/mol. The quantitative estimate of drug-likeness (QED) is 0.911. The van der Waals surface area contributed by atoms with Crippen molar-refractivity contribution in [3.63, 3.8) is 0 Å². The molecule has 1 aromatic rings. The van der Waals surface area contributed by atoms with Crippen LogP contribution < -0.4 is 10.2 Å². The molecule has 0 aromatic carbocycles. The van der Waals surface area contributed by atoms with Gasteiger partial charge in [0.1, 0.15) is 0 Å². The summed E-state index contributed by atoms with van der Waals surface area (Å²) in [5.41, 5.74) is -0.118. The lowest BCUT2D eigenvalue weighted by Gasteiger charge is -2.24. The molecule has 1 unspecified atom stereocenters. The summed E-state index contributed by atoms with van der Waals surface area (Å²) in [7, 11) is 0. The van der Waals surface area contributed by atoms with E-state index in [1.807, 2.05) is 0 Å². The minimum atomic E-state index is -0.118. The maximum absolute atomic E-state index is 6.00. The molecule has 1 N–H and O–H groups in total. The Bertz CT molecular complexity index is 457. The lowest BCUT2D eigenvalue weighted by atomic mass is 10.0. The van der Waals surface area contributed by atoms with Gasteiger partial charge in [0.25, 0.3) is 0 Å². The lowest BCUT2D eigenvalue weighted by Crippen LogP contribution is -2.36. The van der Waals surface area contributed by atoms with Crippen LogP contribution >= 0.6 is 11.6 Å². The van der Waals surface area contributed by atoms with Crippen LogP contribution in [0.25, 0.3) is 0 Å². The molecule has 0 spiro atoms. The van der Waals surface area contributed by atoms with Gasteiger partial charge in [-0.2, -0.15) is 15.0 Å². The van der Waals surface area contributed by atoms with Gasteiger partial charge in [-0.1, -0.05) is 0 Å². The molecule has 0 aliphatic carbocycles. The first-order valence-corrected chi connectivity index (χ1v) is 7.05. The van der Waals surface area contributed by atoms with Gasteiger partial charge in [0, 0.05) is 19.7 Å². The molecule has 3 heterocycles. The fourth-order valence-corrected chi connectivity index (χ4v) is 2.65. The van der Waals surface area contributed by atoms with E-state index in [0.717, 1.165) is 26.1 Å². The van der Waals surface area contributed by atoms with Crippen molar-refractivity contribution in [2.75, 3.05) is 36.5 Å². The molecule has 6 nitrogen and oxygen atoms in total. The molecule has 3 rings (SSSR count). The molecule has 2 aliphatic heterocycles. The highest BCUT2D eigenvalue weighted by Gasteiger charge is 2.30. The van der Waals surface area contributed by atoms with Crippen molar-refractivity contribution in [3.05, 3.63) is 5.28 Å². The molecule has 2 fully saturated rings. The third-order valence-electron chi connectivity index (χ3n) is 3.62. The average Bonchev–Trinajstić information content (AvgIpc) is 2.99. The Morgan fingerprint density at radius 3 is 2.74 bits per heavy atom. The zero-order chi connectivity index (χ0) is 13.3. The van der Waals surface area contributed by atoms with Crippen molar-refractivity contribution >= 4 is 23.5 Å². The minimum absolute atomic E-state index is 0.118. The highest BCUT2D eigenvalue weighted by Crippen LogP contribution is 2.24. The molecule has 19 heavy (non-hydrogen) atoms.